The molecular formula is C46H42N2O2. The molecule has 4 aromatic heterocycles. The molecule has 14 rings (SSSR count). The van der Waals surface area contributed by atoms with Crippen LogP contribution in [0.2, 0.25) is 0 Å². The van der Waals surface area contributed by atoms with Crippen LogP contribution in [0.5, 0.6) is 0 Å². The normalized spacial score (nSPS) is 29.2. The van der Waals surface area contributed by atoms with Crippen LogP contribution in [0.1, 0.15) is 113 Å². The number of ketones is 1. The number of rotatable bonds is 1. The number of pyridine rings is 1. The minimum atomic E-state index is -0.281. The fourth-order valence-electron chi connectivity index (χ4n) is 12.0. The van der Waals surface area contributed by atoms with Crippen LogP contribution in [0.3, 0.4) is 0 Å². The molecule has 248 valence electrons. The van der Waals surface area contributed by atoms with E-state index < -0.39 is 0 Å². The van der Waals surface area contributed by atoms with Gasteiger partial charge in [-0.1, -0.05) is 58.9 Å². The first-order valence-electron chi connectivity index (χ1n) is 19.0. The predicted molar refractivity (Wildman–Crippen MR) is 204 cm³/mol. The third kappa shape index (κ3) is 3.02. The maximum Gasteiger partial charge on any atom is 0.169 e. The second kappa shape index (κ2) is 8.53. The number of carbonyl (C=O) groups excluding carboxylic acids is 1. The summed E-state index contributed by atoms with van der Waals surface area (Å²) in [5, 5.41) is 9.84. The summed E-state index contributed by atoms with van der Waals surface area (Å²) in [5.74, 6) is 0.679. The Labute approximate surface area is 291 Å². The van der Waals surface area contributed by atoms with Gasteiger partial charge in [-0.25, -0.2) is 0 Å². The van der Waals surface area contributed by atoms with Gasteiger partial charge < -0.3 is 8.82 Å². The Morgan fingerprint density at radius 1 is 0.720 bits per heavy atom. The van der Waals surface area contributed by atoms with Gasteiger partial charge in [0.25, 0.3) is 0 Å². The first-order chi connectivity index (χ1) is 24.0. The van der Waals surface area contributed by atoms with Crippen molar-refractivity contribution in [1.29, 1.82) is 0 Å². The van der Waals surface area contributed by atoms with Gasteiger partial charge >= 0.3 is 0 Å². The lowest BCUT2D eigenvalue weighted by atomic mass is 9.53. The van der Waals surface area contributed by atoms with Crippen LogP contribution in [0.4, 0.5) is 0 Å². The van der Waals surface area contributed by atoms with E-state index in [1.165, 1.54) is 96.6 Å². The van der Waals surface area contributed by atoms with Crippen LogP contribution >= 0.6 is 0 Å². The average molecular weight is 655 g/mol. The molecule has 0 saturated heterocycles. The smallest absolute Gasteiger partial charge is 0.169 e. The minimum Gasteiger partial charge on any atom is -0.455 e. The van der Waals surface area contributed by atoms with E-state index in [9.17, 15) is 4.79 Å². The van der Waals surface area contributed by atoms with E-state index >= 15 is 0 Å². The molecule has 2 saturated carbocycles. The summed E-state index contributed by atoms with van der Waals surface area (Å²) in [5.41, 5.74) is 10.3. The van der Waals surface area contributed by atoms with Gasteiger partial charge in [0.2, 0.25) is 0 Å². The highest BCUT2D eigenvalue weighted by Crippen LogP contribution is 2.60. The molecule has 4 aromatic carbocycles. The van der Waals surface area contributed by atoms with Gasteiger partial charge in [-0.3, -0.25) is 9.78 Å². The molecule has 6 aliphatic rings. The number of carbonyl (C=O) groups is 1. The van der Waals surface area contributed by atoms with E-state index in [-0.39, 0.29) is 21.7 Å². The molecule has 0 unspecified atom stereocenters. The number of hydrogen-bond acceptors (Lipinski definition) is 3. The highest BCUT2D eigenvalue weighted by Gasteiger charge is 2.53. The van der Waals surface area contributed by atoms with Crippen LogP contribution in [0.15, 0.2) is 65.2 Å². The molecule has 6 aliphatic carbocycles. The Kier molecular flexibility index (Phi) is 4.82. The summed E-state index contributed by atoms with van der Waals surface area (Å²) in [6.07, 6.45) is 11.0. The molecule has 8 aromatic rings. The Morgan fingerprint density at radius 2 is 1.42 bits per heavy atom. The maximum absolute atomic E-state index is 14.9. The minimum absolute atomic E-state index is 0.0171. The van der Waals surface area contributed by atoms with Crippen molar-refractivity contribution in [2.24, 2.45) is 11.3 Å². The second-order valence-corrected chi connectivity index (χ2v) is 18.1. The zero-order chi connectivity index (χ0) is 33.7. The molecule has 2 fully saturated rings. The lowest BCUT2D eigenvalue weighted by Crippen LogP contribution is -2.45. The zero-order valence-corrected chi connectivity index (χ0v) is 29.7. The van der Waals surface area contributed by atoms with E-state index in [0.717, 1.165) is 47.9 Å². The van der Waals surface area contributed by atoms with Crippen LogP contribution in [0, 0.1) is 11.3 Å². The van der Waals surface area contributed by atoms with Crippen molar-refractivity contribution in [1.82, 2.24) is 9.38 Å². The summed E-state index contributed by atoms with van der Waals surface area (Å²) < 4.78 is 9.48. The number of fused-ring (bicyclic) bond motifs is 15. The lowest BCUT2D eigenvalue weighted by molar-refractivity contribution is 0.0543. The molecule has 0 amide bonds. The van der Waals surface area contributed by atoms with Crippen molar-refractivity contribution >= 4 is 76.6 Å². The summed E-state index contributed by atoms with van der Waals surface area (Å²) in [6, 6.07) is 20.3. The molecular weight excluding hydrogens is 613 g/mol. The van der Waals surface area contributed by atoms with Gasteiger partial charge in [-0.2, -0.15) is 0 Å². The van der Waals surface area contributed by atoms with Crippen LogP contribution in [-0.2, 0) is 16.2 Å². The second-order valence-electron chi connectivity index (χ2n) is 18.1. The quantitative estimate of drug-likeness (QED) is 0.177. The van der Waals surface area contributed by atoms with Gasteiger partial charge in [0, 0.05) is 43.3 Å². The summed E-state index contributed by atoms with van der Waals surface area (Å²) >= 11 is 0. The van der Waals surface area contributed by atoms with Crippen molar-refractivity contribution in [3.05, 3.63) is 83.2 Å². The molecule has 0 spiro atoms. The van der Waals surface area contributed by atoms with Crippen LogP contribution in [0.25, 0.3) is 70.8 Å². The number of Topliss-reactive ketones (excluding diaryl/α,β-unsaturated/α-hetero) is 1. The Bertz CT molecular complexity index is 2860. The van der Waals surface area contributed by atoms with Crippen LogP contribution in [-0.4, -0.2) is 15.2 Å². The fraction of sp³-hybridized carbons (Fsp3) is 0.391. The first-order valence-corrected chi connectivity index (χ1v) is 19.0. The van der Waals surface area contributed by atoms with E-state index in [1.54, 1.807) is 0 Å². The molecule has 0 N–H and O–H groups in total. The van der Waals surface area contributed by atoms with Crippen molar-refractivity contribution in [3.8, 4) is 0 Å². The molecule has 4 heteroatoms. The number of furan rings is 1. The summed E-state index contributed by atoms with van der Waals surface area (Å²) in [7, 11) is 0. The lowest BCUT2D eigenvalue weighted by Gasteiger charge is -2.51. The number of hydrogen-bond donors (Lipinski definition) is 0. The van der Waals surface area contributed by atoms with Crippen molar-refractivity contribution in [2.45, 2.75) is 102 Å². The molecule has 50 heavy (non-hydrogen) atoms. The Hall–Kier alpha value is -4.44. The molecule has 4 bridgehead atoms. The Balaban J connectivity index is 1.31. The summed E-state index contributed by atoms with van der Waals surface area (Å²) in [4.78, 5) is 20.3. The first kappa shape index (κ1) is 28.3. The fourth-order valence-corrected chi connectivity index (χ4v) is 12.0. The third-order valence-electron chi connectivity index (χ3n) is 15.4. The van der Waals surface area contributed by atoms with E-state index in [1.807, 2.05) is 0 Å². The zero-order valence-electron chi connectivity index (χ0n) is 29.7. The van der Waals surface area contributed by atoms with Gasteiger partial charge in [0.15, 0.2) is 5.78 Å². The highest BCUT2D eigenvalue weighted by atomic mass is 16.3. The van der Waals surface area contributed by atoms with Gasteiger partial charge in [0.05, 0.1) is 33.8 Å². The number of aromatic nitrogens is 2. The Morgan fingerprint density at radius 3 is 2.16 bits per heavy atom. The van der Waals surface area contributed by atoms with E-state index in [4.69, 9.17) is 9.40 Å². The van der Waals surface area contributed by atoms with Crippen molar-refractivity contribution in [3.63, 3.8) is 0 Å². The van der Waals surface area contributed by atoms with Gasteiger partial charge in [0.1, 0.15) is 11.2 Å². The standard InChI is InChI=1S/C46H42N2O2/c1-24(2)46-16-14-43(3,15-17-46)32-21-30-33(22-29(32)42(46)49)48-34-23-47-41-38(44(4)10-12-45(41,5)13-11-44)36(34)31-20-28-27-18-25-8-6-7-9-26(25)19-35(27)50-40(28)37(30)39(31)48/h6-9,18-24H,10-17H2,1-5H3. The maximum atomic E-state index is 14.9. The molecule has 4 heterocycles. The monoisotopic (exact) mass is 654 g/mol. The van der Waals surface area contributed by atoms with E-state index in [0.29, 0.717) is 11.7 Å². The van der Waals surface area contributed by atoms with Crippen molar-refractivity contribution < 1.29 is 9.21 Å². The van der Waals surface area contributed by atoms with E-state index in [2.05, 4.69) is 99.8 Å². The molecule has 0 atom stereocenters. The average Bonchev–Trinajstić information content (AvgIpc) is 3.72. The molecule has 0 aliphatic heterocycles. The predicted octanol–water partition coefficient (Wildman–Crippen LogP) is 12.1. The van der Waals surface area contributed by atoms with Gasteiger partial charge in [-0.15, -0.1) is 0 Å². The highest BCUT2D eigenvalue weighted by molar-refractivity contribution is 6.34. The summed E-state index contributed by atoms with van der Waals surface area (Å²) in [6.45, 7) is 11.9. The number of benzene rings is 4. The van der Waals surface area contributed by atoms with Crippen molar-refractivity contribution in [2.75, 3.05) is 0 Å². The number of nitrogens with zero attached hydrogens (tertiary/aromatic N) is 2. The largest absolute Gasteiger partial charge is 0.455 e. The molecule has 0 radical (unpaired) electrons. The third-order valence-corrected chi connectivity index (χ3v) is 15.4. The van der Waals surface area contributed by atoms with Crippen LogP contribution < -0.4 is 0 Å². The molecule has 4 nitrogen and oxygen atoms in total. The topological polar surface area (TPSA) is 47.5 Å². The SMILES string of the molecule is CC(C)C12CCC(C)(CC1)c1cc3c4c5oc6cc7ccccc7cc6c5cc5c6c7c(ncc6n(c3cc1C2=O)c54)C1(C)CCC7(C)CC1. The van der Waals surface area contributed by atoms with Gasteiger partial charge in [-0.05, 0) is 120 Å².